The average Bonchev–Trinajstić information content (AvgIpc) is 4.04. The Labute approximate surface area is 303 Å². The molecule has 1 aliphatic heterocycles. The summed E-state index contributed by atoms with van der Waals surface area (Å²) < 4.78 is 60.0. The van der Waals surface area contributed by atoms with Crippen LogP contribution in [0.3, 0.4) is 0 Å². The minimum absolute atomic E-state index is 0.0188. The van der Waals surface area contributed by atoms with Crippen molar-refractivity contribution in [3.05, 3.63) is 86.3 Å². The Balaban J connectivity index is 1.17. The second-order valence-corrected chi connectivity index (χ2v) is 13.7. The zero-order chi connectivity index (χ0) is 35.9. The Bertz CT molecular complexity index is 1680. The third-order valence-corrected chi connectivity index (χ3v) is 9.39. The molecular weight excluding hydrogens is 713 g/mol. The molecule has 3 aliphatic rings. The standard InChI is InChI=1S/C36H38Cl2F2N2O9/c37-28-17-42(45)18-29(38)27(28)15-32(24-5-8-31(51-36(39)40)33(14-24)48-20-23-3-4-23)50-34(43)21-49-35(44)25-6-7-30(47-19-22-1-2-22)26(13-25)16-41-9-11-46-12-10-41/h5-8,13-14,17-18,22-23,32,36H,1-4,9-12,15-16,19-21H2. The van der Waals surface area contributed by atoms with Crippen LogP contribution in [0.1, 0.15) is 58.8 Å². The first-order valence-corrected chi connectivity index (χ1v) is 17.6. The minimum Gasteiger partial charge on any atom is -0.619 e. The molecule has 2 saturated carbocycles. The van der Waals surface area contributed by atoms with Crippen molar-refractivity contribution in [1.82, 2.24) is 4.90 Å². The van der Waals surface area contributed by atoms with Crippen molar-refractivity contribution in [1.29, 1.82) is 0 Å². The zero-order valence-corrected chi connectivity index (χ0v) is 29.2. The number of benzene rings is 2. The first-order valence-electron chi connectivity index (χ1n) is 16.8. The number of halogens is 4. The van der Waals surface area contributed by atoms with Crippen molar-refractivity contribution in [2.24, 2.45) is 11.8 Å². The van der Waals surface area contributed by atoms with Crippen LogP contribution < -0.4 is 18.9 Å². The van der Waals surface area contributed by atoms with Crippen molar-refractivity contribution in [3.63, 3.8) is 0 Å². The van der Waals surface area contributed by atoms with Crippen molar-refractivity contribution >= 4 is 35.1 Å². The topological polar surface area (TPSA) is 120 Å². The van der Waals surface area contributed by atoms with Gasteiger partial charge in [-0.15, -0.1) is 0 Å². The van der Waals surface area contributed by atoms with Gasteiger partial charge >= 0.3 is 18.6 Å². The van der Waals surface area contributed by atoms with Crippen LogP contribution in [0.2, 0.25) is 10.0 Å². The van der Waals surface area contributed by atoms with Crippen LogP contribution in [-0.2, 0) is 32.0 Å². The van der Waals surface area contributed by atoms with Crippen molar-refractivity contribution < 1.29 is 51.5 Å². The van der Waals surface area contributed by atoms with Crippen LogP contribution in [0.5, 0.6) is 17.2 Å². The van der Waals surface area contributed by atoms with Crippen LogP contribution in [0.4, 0.5) is 8.78 Å². The van der Waals surface area contributed by atoms with Crippen molar-refractivity contribution in [2.45, 2.75) is 51.4 Å². The van der Waals surface area contributed by atoms with Gasteiger partial charge in [0.15, 0.2) is 30.5 Å². The van der Waals surface area contributed by atoms with Gasteiger partial charge in [-0.1, -0.05) is 29.3 Å². The molecule has 2 heterocycles. The number of carbonyl (C=O) groups excluding carboxylic acids is 2. The Hall–Kier alpha value is -3.91. The van der Waals surface area contributed by atoms with Gasteiger partial charge in [0.1, 0.15) is 21.9 Å². The first-order chi connectivity index (χ1) is 24.6. The summed E-state index contributed by atoms with van der Waals surface area (Å²) in [6.07, 6.45) is 5.18. The van der Waals surface area contributed by atoms with Crippen LogP contribution in [0.15, 0.2) is 48.8 Å². The van der Waals surface area contributed by atoms with Gasteiger partial charge in [0, 0.05) is 37.2 Å². The van der Waals surface area contributed by atoms with Gasteiger partial charge < -0.3 is 33.6 Å². The van der Waals surface area contributed by atoms with E-state index in [0.29, 0.717) is 66.4 Å². The molecule has 2 aliphatic carbocycles. The number of morpholine rings is 1. The number of rotatable bonds is 17. The molecule has 0 spiro atoms. The Morgan fingerprint density at radius 1 is 0.922 bits per heavy atom. The highest BCUT2D eigenvalue weighted by atomic mass is 35.5. The lowest BCUT2D eigenvalue weighted by molar-refractivity contribution is -0.605. The quantitative estimate of drug-likeness (QED) is 0.0881. The van der Waals surface area contributed by atoms with Gasteiger partial charge in [-0.05, 0) is 73.4 Å². The molecule has 0 N–H and O–H groups in total. The fraction of sp³-hybridized carbons (Fsp3) is 0.472. The summed E-state index contributed by atoms with van der Waals surface area (Å²) in [7, 11) is 0. The number of aromatic nitrogens is 1. The SMILES string of the molecule is O=C(COC(=O)c1ccc(OCC2CC2)c(CN2CCOCC2)c1)OC(Cc1c(Cl)c[n+]([O-])cc1Cl)c1ccc(OC(F)F)c(OCC2CC2)c1. The molecule has 51 heavy (non-hydrogen) atoms. The highest BCUT2D eigenvalue weighted by Gasteiger charge is 2.28. The maximum atomic E-state index is 13.2. The van der Waals surface area contributed by atoms with Gasteiger partial charge in [-0.3, -0.25) is 4.90 Å². The summed E-state index contributed by atoms with van der Waals surface area (Å²) in [6.45, 7) is 0.363. The van der Waals surface area contributed by atoms with Crippen molar-refractivity contribution in [2.75, 3.05) is 46.1 Å². The Kier molecular flexibility index (Phi) is 12.3. The smallest absolute Gasteiger partial charge is 0.387 e. The number of alkyl halides is 2. The largest absolute Gasteiger partial charge is 0.619 e. The van der Waals surface area contributed by atoms with Gasteiger partial charge in [-0.2, -0.15) is 13.5 Å². The number of nitrogens with zero attached hydrogens (tertiary/aromatic N) is 2. The molecule has 2 aromatic carbocycles. The lowest BCUT2D eigenvalue weighted by Gasteiger charge is -2.27. The summed E-state index contributed by atoms with van der Waals surface area (Å²) in [5.41, 5.74) is 1.69. The normalized spacial score (nSPS) is 16.8. The van der Waals surface area contributed by atoms with E-state index in [9.17, 15) is 23.6 Å². The third kappa shape index (κ3) is 10.8. The lowest BCUT2D eigenvalue weighted by atomic mass is 10.0. The van der Waals surface area contributed by atoms with E-state index in [4.69, 9.17) is 46.9 Å². The molecule has 3 fully saturated rings. The molecule has 1 atom stereocenters. The zero-order valence-electron chi connectivity index (χ0n) is 27.7. The van der Waals surface area contributed by atoms with E-state index in [-0.39, 0.29) is 33.5 Å². The second-order valence-electron chi connectivity index (χ2n) is 12.9. The molecule has 6 rings (SSSR count). The summed E-state index contributed by atoms with van der Waals surface area (Å²) in [5, 5.41) is 11.9. The van der Waals surface area contributed by atoms with E-state index in [1.165, 1.54) is 18.2 Å². The van der Waals surface area contributed by atoms with Crippen LogP contribution in [0.25, 0.3) is 0 Å². The number of carbonyl (C=O) groups is 2. The molecule has 1 unspecified atom stereocenters. The van der Waals surface area contributed by atoms with E-state index in [1.54, 1.807) is 18.2 Å². The predicted molar refractivity (Wildman–Crippen MR) is 180 cm³/mol. The molecule has 274 valence electrons. The molecule has 11 nitrogen and oxygen atoms in total. The van der Waals surface area contributed by atoms with E-state index >= 15 is 0 Å². The summed E-state index contributed by atoms with van der Waals surface area (Å²) in [4.78, 5) is 28.6. The Morgan fingerprint density at radius 3 is 2.22 bits per heavy atom. The molecule has 3 aromatic rings. The number of hydrogen-bond donors (Lipinski definition) is 0. The number of pyridine rings is 1. The average molecular weight is 752 g/mol. The summed E-state index contributed by atoms with van der Waals surface area (Å²) >= 11 is 12.7. The lowest BCUT2D eigenvalue weighted by Crippen LogP contribution is -2.35. The molecule has 0 bridgehead atoms. The van der Waals surface area contributed by atoms with Gasteiger partial charge in [0.25, 0.3) is 0 Å². The third-order valence-electron chi connectivity index (χ3n) is 8.73. The second kappa shape index (κ2) is 17.1. The fourth-order valence-corrected chi connectivity index (χ4v) is 6.12. The molecule has 1 aromatic heterocycles. The first kappa shape index (κ1) is 36.9. The Morgan fingerprint density at radius 2 is 1.57 bits per heavy atom. The maximum absolute atomic E-state index is 13.2. The van der Waals surface area contributed by atoms with Gasteiger partial charge in [-0.25, -0.2) is 9.59 Å². The highest BCUT2D eigenvalue weighted by Crippen LogP contribution is 2.38. The summed E-state index contributed by atoms with van der Waals surface area (Å²) in [6, 6.07) is 9.21. The van der Waals surface area contributed by atoms with Crippen LogP contribution in [-0.4, -0.2) is 69.6 Å². The highest BCUT2D eigenvalue weighted by molar-refractivity contribution is 6.35. The molecule has 1 saturated heterocycles. The molecule has 15 heteroatoms. The number of hydrogen-bond acceptors (Lipinski definition) is 10. The molecule has 0 amide bonds. The number of ether oxygens (including phenoxy) is 6. The van der Waals surface area contributed by atoms with Crippen molar-refractivity contribution in [3.8, 4) is 17.2 Å². The number of esters is 2. The van der Waals surface area contributed by atoms with E-state index in [2.05, 4.69) is 9.64 Å². The molecular formula is C36H38Cl2F2N2O9. The summed E-state index contributed by atoms with van der Waals surface area (Å²) in [5.74, 6) is -0.248. The fourth-order valence-electron chi connectivity index (χ4n) is 5.53. The van der Waals surface area contributed by atoms with E-state index in [1.807, 2.05) is 0 Å². The molecule has 0 radical (unpaired) electrons. The van der Waals surface area contributed by atoms with Crippen LogP contribution in [0, 0.1) is 17.0 Å². The van der Waals surface area contributed by atoms with E-state index < -0.39 is 31.3 Å². The van der Waals surface area contributed by atoms with E-state index in [0.717, 1.165) is 56.7 Å². The van der Waals surface area contributed by atoms with Crippen LogP contribution >= 0.6 is 23.2 Å². The maximum Gasteiger partial charge on any atom is 0.387 e. The van der Waals surface area contributed by atoms with Gasteiger partial charge in [0.2, 0.25) is 0 Å². The monoisotopic (exact) mass is 750 g/mol. The van der Waals surface area contributed by atoms with Gasteiger partial charge in [0.05, 0.1) is 32.0 Å². The minimum atomic E-state index is -3.09. The predicted octanol–water partition coefficient (Wildman–Crippen LogP) is 6.32.